The fourth-order valence-corrected chi connectivity index (χ4v) is 2.06. The molecule has 0 spiro atoms. The lowest BCUT2D eigenvalue weighted by Crippen LogP contribution is -2.00. The van der Waals surface area contributed by atoms with Gasteiger partial charge in [-0.25, -0.2) is 0 Å². The minimum atomic E-state index is -0.500. The van der Waals surface area contributed by atoms with Gasteiger partial charge in [0.1, 0.15) is 11.4 Å². The number of allylic oxidation sites excluding steroid dienone is 1. The Balaban J connectivity index is 2.11. The number of ether oxygens (including phenoxy) is 1. The number of carbonyl (C=O) groups excluding carboxylic acids is 1. The van der Waals surface area contributed by atoms with Gasteiger partial charge in [0.25, 0.3) is 5.69 Å². The third-order valence-corrected chi connectivity index (χ3v) is 3.29. The normalized spacial score (nSPS) is 10.6. The molecule has 0 atom stereocenters. The first-order chi connectivity index (χ1) is 11.5. The zero-order valence-corrected chi connectivity index (χ0v) is 13.5. The summed E-state index contributed by atoms with van der Waals surface area (Å²) in [6.07, 6.45) is 2.73. The van der Waals surface area contributed by atoms with Crippen LogP contribution < -0.4 is 10.1 Å². The van der Waals surface area contributed by atoms with Gasteiger partial charge >= 0.3 is 0 Å². The van der Waals surface area contributed by atoms with Gasteiger partial charge in [0.15, 0.2) is 5.78 Å². The van der Waals surface area contributed by atoms with Crippen molar-refractivity contribution in [1.82, 2.24) is 0 Å². The van der Waals surface area contributed by atoms with E-state index in [9.17, 15) is 14.9 Å². The zero-order valence-electron chi connectivity index (χ0n) is 13.5. The average Bonchev–Trinajstić information content (AvgIpc) is 2.56. The highest BCUT2D eigenvalue weighted by molar-refractivity contribution is 6.04. The number of anilines is 1. The molecule has 0 aliphatic heterocycles. The summed E-state index contributed by atoms with van der Waals surface area (Å²) in [6.45, 7) is 4.17. The van der Waals surface area contributed by atoms with E-state index in [1.807, 2.05) is 19.1 Å². The van der Waals surface area contributed by atoms with Crippen molar-refractivity contribution in [3.8, 4) is 5.75 Å². The third kappa shape index (κ3) is 4.42. The first-order valence-electron chi connectivity index (χ1n) is 7.46. The summed E-state index contributed by atoms with van der Waals surface area (Å²) in [7, 11) is 0. The summed E-state index contributed by atoms with van der Waals surface area (Å²) >= 11 is 0. The van der Waals surface area contributed by atoms with Crippen LogP contribution in [0.2, 0.25) is 0 Å². The van der Waals surface area contributed by atoms with Gasteiger partial charge in [0, 0.05) is 17.8 Å². The quantitative estimate of drug-likeness (QED) is 0.358. The number of aryl methyl sites for hydroxylation is 1. The van der Waals surface area contributed by atoms with E-state index >= 15 is 0 Å². The second-order valence-corrected chi connectivity index (χ2v) is 5.08. The van der Waals surface area contributed by atoms with Gasteiger partial charge in [-0.3, -0.25) is 14.9 Å². The first-order valence-corrected chi connectivity index (χ1v) is 7.46. The van der Waals surface area contributed by atoms with Crippen LogP contribution in [0.15, 0.2) is 54.7 Å². The van der Waals surface area contributed by atoms with Crippen molar-refractivity contribution in [3.63, 3.8) is 0 Å². The van der Waals surface area contributed by atoms with E-state index in [-0.39, 0.29) is 17.2 Å². The van der Waals surface area contributed by atoms with Gasteiger partial charge in [0.2, 0.25) is 0 Å². The highest BCUT2D eigenvalue weighted by atomic mass is 16.6. The number of hydrogen-bond acceptors (Lipinski definition) is 5. The second kappa shape index (κ2) is 7.92. The Bertz CT molecular complexity index is 767. The molecule has 0 heterocycles. The molecule has 0 radical (unpaired) electrons. The molecule has 2 rings (SSSR count). The van der Waals surface area contributed by atoms with Gasteiger partial charge in [-0.05, 0) is 26.0 Å². The summed E-state index contributed by atoms with van der Waals surface area (Å²) in [4.78, 5) is 22.7. The highest BCUT2D eigenvalue weighted by Crippen LogP contribution is 2.29. The summed E-state index contributed by atoms with van der Waals surface area (Å²) in [5.41, 5.74) is 1.79. The Hall–Kier alpha value is -3.15. The predicted molar refractivity (Wildman–Crippen MR) is 92.5 cm³/mol. The Morgan fingerprint density at radius 1 is 1.25 bits per heavy atom. The van der Waals surface area contributed by atoms with Crippen LogP contribution >= 0.6 is 0 Å². The molecule has 0 saturated heterocycles. The number of benzene rings is 2. The molecule has 0 aliphatic carbocycles. The minimum absolute atomic E-state index is 0.117. The molecule has 2 aromatic rings. The summed E-state index contributed by atoms with van der Waals surface area (Å²) in [5, 5.41) is 13.9. The molecule has 0 bridgehead atoms. The van der Waals surface area contributed by atoms with Crippen molar-refractivity contribution in [3.05, 3.63) is 76.0 Å². The molecule has 0 aromatic heterocycles. The lowest BCUT2D eigenvalue weighted by Gasteiger charge is -2.06. The molecule has 2 aromatic carbocycles. The maximum absolute atomic E-state index is 12.0. The number of nitrogens with zero attached hydrogens (tertiary/aromatic N) is 1. The van der Waals surface area contributed by atoms with E-state index in [1.54, 1.807) is 31.2 Å². The van der Waals surface area contributed by atoms with Crippen LogP contribution in [0.4, 0.5) is 11.4 Å². The van der Waals surface area contributed by atoms with Crippen LogP contribution in [0.25, 0.3) is 0 Å². The molecule has 0 amide bonds. The van der Waals surface area contributed by atoms with Crippen molar-refractivity contribution in [1.29, 1.82) is 0 Å². The van der Waals surface area contributed by atoms with Crippen LogP contribution in [0.5, 0.6) is 5.75 Å². The van der Waals surface area contributed by atoms with E-state index in [2.05, 4.69) is 5.32 Å². The van der Waals surface area contributed by atoms with E-state index in [4.69, 9.17) is 4.74 Å². The average molecular weight is 326 g/mol. The fourth-order valence-electron chi connectivity index (χ4n) is 2.06. The Labute approximate surface area is 139 Å². The van der Waals surface area contributed by atoms with Crippen molar-refractivity contribution in [2.45, 2.75) is 13.8 Å². The highest BCUT2D eigenvalue weighted by Gasteiger charge is 2.14. The van der Waals surface area contributed by atoms with Gasteiger partial charge in [0.05, 0.1) is 17.6 Å². The molecule has 0 aliphatic rings. The summed E-state index contributed by atoms with van der Waals surface area (Å²) in [5.74, 6) is 0.241. The molecular formula is C18H18N2O4. The van der Waals surface area contributed by atoms with E-state index in [1.165, 1.54) is 18.3 Å². The molecule has 0 unspecified atom stereocenters. The number of ketones is 1. The van der Waals surface area contributed by atoms with Gasteiger partial charge < -0.3 is 10.1 Å². The zero-order chi connectivity index (χ0) is 17.5. The van der Waals surface area contributed by atoms with E-state index < -0.39 is 4.92 Å². The SMILES string of the molecule is CCOc1ccc(N/C=C\C(=O)c2ccc(C)cc2)c([N+](=O)[O-])c1. The van der Waals surface area contributed by atoms with Crippen LogP contribution in [0.3, 0.4) is 0 Å². The second-order valence-electron chi connectivity index (χ2n) is 5.08. The number of nitro benzene ring substituents is 1. The molecule has 6 heteroatoms. The molecular weight excluding hydrogens is 308 g/mol. The van der Waals surface area contributed by atoms with Crippen LogP contribution in [0, 0.1) is 17.0 Å². The molecule has 0 saturated carbocycles. The fraction of sp³-hybridized carbons (Fsp3) is 0.167. The Morgan fingerprint density at radius 2 is 1.96 bits per heavy atom. The smallest absolute Gasteiger partial charge is 0.296 e. The number of nitro groups is 1. The monoisotopic (exact) mass is 326 g/mol. The molecule has 24 heavy (non-hydrogen) atoms. The standard InChI is InChI=1S/C18H18N2O4/c1-3-24-15-8-9-16(17(12-15)20(22)23)19-11-10-18(21)14-6-4-13(2)5-7-14/h4-12,19H,3H2,1-2H3/b11-10-. The number of carbonyl (C=O) groups is 1. The van der Waals surface area contributed by atoms with Gasteiger partial charge in [-0.2, -0.15) is 0 Å². The van der Waals surface area contributed by atoms with Crippen molar-refractivity contribution in [2.24, 2.45) is 0 Å². The maximum atomic E-state index is 12.0. The Morgan fingerprint density at radius 3 is 2.58 bits per heavy atom. The summed E-state index contributed by atoms with van der Waals surface area (Å²) in [6, 6.07) is 11.7. The van der Waals surface area contributed by atoms with Crippen LogP contribution in [-0.4, -0.2) is 17.3 Å². The lowest BCUT2D eigenvalue weighted by molar-refractivity contribution is -0.384. The third-order valence-electron chi connectivity index (χ3n) is 3.29. The number of rotatable bonds is 7. The maximum Gasteiger partial charge on any atom is 0.296 e. The molecule has 1 N–H and O–H groups in total. The molecule has 6 nitrogen and oxygen atoms in total. The van der Waals surface area contributed by atoms with E-state index in [0.717, 1.165) is 5.56 Å². The topological polar surface area (TPSA) is 81.5 Å². The Kier molecular flexibility index (Phi) is 5.68. The largest absolute Gasteiger partial charge is 0.494 e. The molecule has 0 fully saturated rings. The predicted octanol–water partition coefficient (Wildman–Crippen LogP) is 4.11. The molecule has 124 valence electrons. The van der Waals surface area contributed by atoms with Crippen molar-refractivity contribution >= 4 is 17.2 Å². The van der Waals surface area contributed by atoms with Gasteiger partial charge in [-0.15, -0.1) is 0 Å². The van der Waals surface area contributed by atoms with Crippen LogP contribution in [0.1, 0.15) is 22.8 Å². The van der Waals surface area contributed by atoms with Crippen molar-refractivity contribution < 1.29 is 14.5 Å². The van der Waals surface area contributed by atoms with E-state index in [0.29, 0.717) is 17.9 Å². The minimum Gasteiger partial charge on any atom is -0.494 e. The first kappa shape index (κ1) is 17.2. The van der Waals surface area contributed by atoms with Crippen LogP contribution in [-0.2, 0) is 0 Å². The van der Waals surface area contributed by atoms with Crippen molar-refractivity contribution in [2.75, 3.05) is 11.9 Å². The lowest BCUT2D eigenvalue weighted by atomic mass is 10.1. The summed E-state index contributed by atoms with van der Waals surface area (Å²) < 4.78 is 5.26. The van der Waals surface area contributed by atoms with Gasteiger partial charge in [-0.1, -0.05) is 29.8 Å². The number of hydrogen-bond donors (Lipinski definition) is 1. The number of nitrogens with one attached hydrogen (secondary N) is 1.